The monoisotopic (exact) mass is 346 g/mol. The van der Waals surface area contributed by atoms with Crippen molar-refractivity contribution in [2.75, 3.05) is 0 Å². The van der Waals surface area contributed by atoms with Gasteiger partial charge in [-0.15, -0.1) is 0 Å². The molecule has 0 unspecified atom stereocenters. The number of unbranched alkanes of at least 4 members (excludes halogenated alkanes) is 13. The molecule has 1 nitrogen and oxygen atoms in total. The van der Waals surface area contributed by atoms with Crippen LogP contribution in [0.15, 0.2) is 24.5 Å². The van der Waals surface area contributed by atoms with Crippen LogP contribution in [0.3, 0.4) is 0 Å². The van der Waals surface area contributed by atoms with Crippen LogP contribution < -0.4 is 4.57 Å². The Morgan fingerprint density at radius 1 is 0.560 bits per heavy atom. The van der Waals surface area contributed by atoms with Crippen molar-refractivity contribution in [3.63, 3.8) is 0 Å². The van der Waals surface area contributed by atoms with Gasteiger partial charge in [-0.25, -0.2) is 4.57 Å². The van der Waals surface area contributed by atoms with E-state index in [9.17, 15) is 0 Å². The van der Waals surface area contributed by atoms with Gasteiger partial charge in [0.25, 0.3) is 0 Å². The highest BCUT2D eigenvalue weighted by molar-refractivity contribution is 5.07. The third-order valence-electron chi connectivity index (χ3n) is 5.30. The number of pyridine rings is 1. The van der Waals surface area contributed by atoms with E-state index in [4.69, 9.17) is 0 Å². The molecule has 0 bridgehead atoms. The topological polar surface area (TPSA) is 3.88 Å². The highest BCUT2D eigenvalue weighted by Gasteiger charge is 2.00. The maximum atomic E-state index is 2.32. The highest BCUT2D eigenvalue weighted by atomic mass is 14.9. The molecule has 0 aliphatic heterocycles. The Kier molecular flexibility index (Phi) is 14.7. The van der Waals surface area contributed by atoms with Crippen LogP contribution >= 0.6 is 0 Å². The summed E-state index contributed by atoms with van der Waals surface area (Å²) >= 11 is 0. The predicted octanol–water partition coefficient (Wildman–Crippen LogP) is 7.41. The molecule has 0 atom stereocenters. The van der Waals surface area contributed by atoms with Crippen LogP contribution in [0.1, 0.15) is 116 Å². The maximum Gasteiger partial charge on any atom is 0.169 e. The zero-order chi connectivity index (χ0) is 18.0. The predicted molar refractivity (Wildman–Crippen MR) is 111 cm³/mol. The molecule has 0 aromatic carbocycles. The molecule has 1 aromatic heterocycles. The standard InChI is InChI=1S/C24H44N/c1-3-5-7-8-9-10-11-12-13-14-15-16-17-18-24-19-22-25(23-20-24)21-6-4-2/h19-20,22-23H,3-18,21H2,1-2H3/q+1. The minimum atomic E-state index is 1.16. The van der Waals surface area contributed by atoms with E-state index in [1.54, 1.807) is 0 Å². The van der Waals surface area contributed by atoms with Crippen molar-refractivity contribution < 1.29 is 4.57 Å². The molecule has 0 N–H and O–H groups in total. The maximum absolute atomic E-state index is 2.32. The molecule has 1 rings (SSSR count). The molecular weight excluding hydrogens is 302 g/mol. The van der Waals surface area contributed by atoms with Gasteiger partial charge >= 0.3 is 0 Å². The third kappa shape index (κ3) is 13.1. The Morgan fingerprint density at radius 2 is 1.00 bits per heavy atom. The number of aromatic nitrogens is 1. The SMILES string of the molecule is CCCCCCCCCCCCCCCc1cc[n+](CCCC)cc1. The molecule has 25 heavy (non-hydrogen) atoms. The normalized spacial score (nSPS) is 11.1. The Balaban J connectivity index is 1.87. The summed E-state index contributed by atoms with van der Waals surface area (Å²) in [5.74, 6) is 0. The highest BCUT2D eigenvalue weighted by Crippen LogP contribution is 2.13. The van der Waals surface area contributed by atoms with Crippen molar-refractivity contribution in [3.8, 4) is 0 Å². The van der Waals surface area contributed by atoms with Gasteiger partial charge in [0, 0.05) is 18.6 Å². The Morgan fingerprint density at radius 3 is 1.48 bits per heavy atom. The first-order chi connectivity index (χ1) is 12.4. The van der Waals surface area contributed by atoms with Gasteiger partial charge in [-0.05, 0) is 18.4 Å². The first-order valence-corrected chi connectivity index (χ1v) is 11.3. The molecule has 1 aromatic rings. The molecule has 0 saturated carbocycles. The van der Waals surface area contributed by atoms with Crippen molar-refractivity contribution in [2.24, 2.45) is 0 Å². The molecule has 0 fully saturated rings. The van der Waals surface area contributed by atoms with Crippen molar-refractivity contribution in [2.45, 2.75) is 123 Å². The molecule has 0 amide bonds. The summed E-state index contributed by atoms with van der Waals surface area (Å²) in [6, 6.07) is 4.63. The van der Waals surface area contributed by atoms with Gasteiger partial charge in [0.15, 0.2) is 12.4 Å². The van der Waals surface area contributed by atoms with E-state index in [1.165, 1.54) is 108 Å². The van der Waals surface area contributed by atoms with Gasteiger partial charge in [-0.1, -0.05) is 97.3 Å². The number of nitrogens with zero attached hydrogens (tertiary/aromatic N) is 1. The van der Waals surface area contributed by atoms with E-state index in [1.807, 2.05) is 0 Å². The molecule has 1 heterocycles. The fourth-order valence-corrected chi connectivity index (χ4v) is 3.49. The minimum absolute atomic E-state index is 1.16. The van der Waals surface area contributed by atoms with Crippen molar-refractivity contribution in [1.29, 1.82) is 0 Å². The summed E-state index contributed by atoms with van der Waals surface area (Å²) < 4.78 is 2.32. The van der Waals surface area contributed by atoms with Crippen LogP contribution in [0, 0.1) is 0 Å². The zero-order valence-corrected chi connectivity index (χ0v) is 17.3. The van der Waals surface area contributed by atoms with Crippen molar-refractivity contribution >= 4 is 0 Å². The van der Waals surface area contributed by atoms with E-state index in [-0.39, 0.29) is 0 Å². The van der Waals surface area contributed by atoms with Gasteiger partial charge in [0.1, 0.15) is 6.54 Å². The summed E-state index contributed by atoms with van der Waals surface area (Å²) in [4.78, 5) is 0. The minimum Gasteiger partial charge on any atom is -0.205 e. The summed E-state index contributed by atoms with van der Waals surface area (Å²) in [6.45, 7) is 5.71. The lowest BCUT2D eigenvalue weighted by molar-refractivity contribution is -0.697. The van der Waals surface area contributed by atoms with Gasteiger partial charge in [-0.2, -0.15) is 0 Å². The summed E-state index contributed by atoms with van der Waals surface area (Å²) in [6.07, 6.45) is 27.0. The van der Waals surface area contributed by atoms with E-state index < -0.39 is 0 Å². The summed E-state index contributed by atoms with van der Waals surface area (Å²) in [5.41, 5.74) is 1.51. The van der Waals surface area contributed by atoms with Crippen LogP contribution in [-0.2, 0) is 13.0 Å². The van der Waals surface area contributed by atoms with Crippen LogP contribution in [0.5, 0.6) is 0 Å². The van der Waals surface area contributed by atoms with Crippen molar-refractivity contribution in [3.05, 3.63) is 30.1 Å². The Bertz CT molecular complexity index is 382. The van der Waals surface area contributed by atoms with Gasteiger partial charge in [0.05, 0.1) is 0 Å². The molecular formula is C24H44N+. The second kappa shape index (κ2) is 16.6. The van der Waals surface area contributed by atoms with Crippen LogP contribution in [0.25, 0.3) is 0 Å². The lowest BCUT2D eigenvalue weighted by Crippen LogP contribution is -2.32. The number of hydrogen-bond donors (Lipinski definition) is 0. The smallest absolute Gasteiger partial charge is 0.169 e. The molecule has 1 heteroatoms. The van der Waals surface area contributed by atoms with E-state index in [2.05, 4.69) is 42.9 Å². The second-order valence-corrected chi connectivity index (χ2v) is 7.79. The lowest BCUT2D eigenvalue weighted by Gasteiger charge is -2.03. The first kappa shape index (κ1) is 22.2. The second-order valence-electron chi connectivity index (χ2n) is 7.79. The fourth-order valence-electron chi connectivity index (χ4n) is 3.49. The number of hydrogen-bond acceptors (Lipinski definition) is 0. The summed E-state index contributed by atoms with van der Waals surface area (Å²) in [7, 11) is 0. The van der Waals surface area contributed by atoms with Gasteiger partial charge in [0.2, 0.25) is 0 Å². The van der Waals surface area contributed by atoms with Gasteiger partial charge in [-0.3, -0.25) is 0 Å². The lowest BCUT2D eigenvalue weighted by atomic mass is 10.0. The molecule has 0 spiro atoms. The average molecular weight is 347 g/mol. The average Bonchev–Trinajstić information content (AvgIpc) is 2.65. The van der Waals surface area contributed by atoms with Crippen LogP contribution in [-0.4, -0.2) is 0 Å². The van der Waals surface area contributed by atoms with Crippen molar-refractivity contribution in [1.82, 2.24) is 0 Å². The van der Waals surface area contributed by atoms with Crippen LogP contribution in [0.4, 0.5) is 0 Å². The van der Waals surface area contributed by atoms with E-state index >= 15 is 0 Å². The van der Waals surface area contributed by atoms with E-state index in [0.717, 1.165) is 6.54 Å². The molecule has 0 aliphatic carbocycles. The van der Waals surface area contributed by atoms with E-state index in [0.29, 0.717) is 0 Å². The Hall–Kier alpha value is -0.850. The fraction of sp³-hybridized carbons (Fsp3) is 0.792. The summed E-state index contributed by atoms with van der Waals surface area (Å²) in [5, 5.41) is 0. The van der Waals surface area contributed by atoms with Gasteiger partial charge < -0.3 is 0 Å². The largest absolute Gasteiger partial charge is 0.205 e. The molecule has 0 saturated heterocycles. The number of aryl methyl sites for hydroxylation is 2. The molecule has 144 valence electrons. The Labute approximate surface area is 158 Å². The molecule has 0 aliphatic rings. The molecule has 0 radical (unpaired) electrons. The number of rotatable bonds is 17. The first-order valence-electron chi connectivity index (χ1n) is 11.3. The third-order valence-corrected chi connectivity index (χ3v) is 5.30. The zero-order valence-electron chi connectivity index (χ0n) is 17.3. The quantitative estimate of drug-likeness (QED) is 0.204. The van der Waals surface area contributed by atoms with Crippen LogP contribution in [0.2, 0.25) is 0 Å².